The van der Waals surface area contributed by atoms with E-state index in [9.17, 15) is 4.79 Å². The van der Waals surface area contributed by atoms with Crippen molar-refractivity contribution in [2.24, 2.45) is 5.92 Å². The molecule has 0 radical (unpaired) electrons. The van der Waals surface area contributed by atoms with Gasteiger partial charge in [0.1, 0.15) is 5.69 Å². The summed E-state index contributed by atoms with van der Waals surface area (Å²) in [6.07, 6.45) is 4.34. The Morgan fingerprint density at radius 1 is 1.18 bits per heavy atom. The van der Waals surface area contributed by atoms with E-state index in [1.807, 2.05) is 36.5 Å². The van der Waals surface area contributed by atoms with Crippen molar-refractivity contribution in [2.45, 2.75) is 12.5 Å². The van der Waals surface area contributed by atoms with E-state index in [1.54, 1.807) is 12.3 Å². The number of hydrogen-bond acceptors (Lipinski definition) is 5. The number of fused-ring (bicyclic) bond motifs is 2. The van der Waals surface area contributed by atoms with Gasteiger partial charge in [-0.25, -0.2) is 4.98 Å². The fourth-order valence-corrected chi connectivity index (χ4v) is 3.77. The van der Waals surface area contributed by atoms with Gasteiger partial charge < -0.3 is 10.1 Å². The molecule has 28 heavy (non-hydrogen) atoms. The lowest BCUT2D eigenvalue weighted by Gasteiger charge is -2.19. The van der Waals surface area contributed by atoms with Crippen LogP contribution in [-0.2, 0) is 11.2 Å². The average molecular weight is 373 g/mol. The minimum atomic E-state index is -0.198. The van der Waals surface area contributed by atoms with E-state index in [1.165, 1.54) is 5.56 Å². The maximum Gasteiger partial charge on any atom is 0.270 e. The Morgan fingerprint density at radius 3 is 3.07 bits per heavy atom. The topological polar surface area (TPSA) is 92.8 Å². The molecule has 140 valence electrons. The lowest BCUT2D eigenvalue weighted by molar-refractivity contribution is 0.0920. The molecule has 0 bridgehead atoms. The third-order valence-electron chi connectivity index (χ3n) is 5.27. The Hall–Kier alpha value is -3.32. The quantitative estimate of drug-likeness (QED) is 0.573. The first-order valence-corrected chi connectivity index (χ1v) is 9.29. The Balaban J connectivity index is 1.34. The summed E-state index contributed by atoms with van der Waals surface area (Å²) < 4.78 is 5.68. The largest absolute Gasteiger partial charge is 0.379 e. The summed E-state index contributed by atoms with van der Waals surface area (Å²) in [7, 11) is 0. The molecule has 1 aliphatic rings. The second-order valence-electron chi connectivity index (χ2n) is 7.07. The van der Waals surface area contributed by atoms with Gasteiger partial charge in [-0.1, -0.05) is 18.2 Å². The molecule has 0 saturated carbocycles. The van der Waals surface area contributed by atoms with Crippen LogP contribution in [0.5, 0.6) is 0 Å². The van der Waals surface area contributed by atoms with Crippen molar-refractivity contribution in [2.75, 3.05) is 13.2 Å². The monoisotopic (exact) mass is 373 g/mol. The Labute approximate surface area is 161 Å². The van der Waals surface area contributed by atoms with E-state index in [-0.39, 0.29) is 17.9 Å². The SMILES string of the molecule is O=C(N[C@@H]1COC[C@H]1Cc1ccnc2ccccc12)c1ccc2cn[nH]c2n1. The number of hydrogen-bond donors (Lipinski definition) is 2. The highest BCUT2D eigenvalue weighted by molar-refractivity contribution is 5.94. The zero-order valence-electron chi connectivity index (χ0n) is 15.1. The average Bonchev–Trinajstić information content (AvgIpc) is 3.37. The summed E-state index contributed by atoms with van der Waals surface area (Å²) >= 11 is 0. The molecule has 5 rings (SSSR count). The zero-order valence-corrected chi connectivity index (χ0v) is 15.1. The van der Waals surface area contributed by atoms with Crippen LogP contribution in [0.3, 0.4) is 0 Å². The van der Waals surface area contributed by atoms with Crippen LogP contribution >= 0.6 is 0 Å². The van der Waals surface area contributed by atoms with Gasteiger partial charge in [-0.2, -0.15) is 5.10 Å². The number of para-hydroxylation sites is 1. The number of carbonyl (C=O) groups is 1. The number of carbonyl (C=O) groups excluding carboxylic acids is 1. The summed E-state index contributed by atoms with van der Waals surface area (Å²) in [5.74, 6) is 0.00206. The van der Waals surface area contributed by atoms with Gasteiger partial charge in [0, 0.05) is 22.9 Å². The number of aromatic amines is 1. The first-order chi connectivity index (χ1) is 13.8. The number of benzene rings is 1. The van der Waals surface area contributed by atoms with Gasteiger partial charge in [0.15, 0.2) is 5.65 Å². The van der Waals surface area contributed by atoms with E-state index in [0.717, 1.165) is 22.7 Å². The summed E-state index contributed by atoms with van der Waals surface area (Å²) in [5, 5.41) is 11.9. The summed E-state index contributed by atoms with van der Waals surface area (Å²) in [6, 6.07) is 13.7. The highest BCUT2D eigenvalue weighted by Gasteiger charge is 2.30. The molecule has 1 saturated heterocycles. The molecule has 0 spiro atoms. The molecule has 3 aromatic heterocycles. The Morgan fingerprint density at radius 2 is 2.11 bits per heavy atom. The van der Waals surface area contributed by atoms with E-state index in [0.29, 0.717) is 24.6 Å². The van der Waals surface area contributed by atoms with E-state index >= 15 is 0 Å². The van der Waals surface area contributed by atoms with Crippen molar-refractivity contribution >= 4 is 27.8 Å². The molecule has 0 aliphatic carbocycles. The summed E-state index contributed by atoms with van der Waals surface area (Å²) in [5.41, 5.74) is 3.18. The molecular formula is C21H19N5O2. The third-order valence-corrected chi connectivity index (χ3v) is 5.27. The first kappa shape index (κ1) is 16.8. The predicted molar refractivity (Wildman–Crippen MR) is 105 cm³/mol. The van der Waals surface area contributed by atoms with Crippen LogP contribution < -0.4 is 5.32 Å². The van der Waals surface area contributed by atoms with Crippen LogP contribution in [-0.4, -0.2) is 45.3 Å². The molecule has 1 fully saturated rings. The van der Waals surface area contributed by atoms with Crippen LogP contribution in [0.25, 0.3) is 21.9 Å². The molecule has 2 atom stereocenters. The number of pyridine rings is 2. The van der Waals surface area contributed by atoms with E-state index in [2.05, 4.69) is 31.5 Å². The van der Waals surface area contributed by atoms with Crippen molar-refractivity contribution < 1.29 is 9.53 Å². The Bertz CT molecular complexity index is 1150. The minimum Gasteiger partial charge on any atom is -0.379 e. The fraction of sp³-hybridized carbons (Fsp3) is 0.238. The summed E-state index contributed by atoms with van der Waals surface area (Å²) in [4.78, 5) is 21.5. The van der Waals surface area contributed by atoms with E-state index < -0.39 is 0 Å². The normalized spacial score (nSPS) is 19.3. The van der Waals surface area contributed by atoms with Gasteiger partial charge in [-0.3, -0.25) is 14.9 Å². The zero-order chi connectivity index (χ0) is 18.9. The van der Waals surface area contributed by atoms with Gasteiger partial charge in [0.2, 0.25) is 0 Å². The highest BCUT2D eigenvalue weighted by Crippen LogP contribution is 2.24. The molecule has 4 aromatic rings. The Kier molecular flexibility index (Phi) is 4.21. The molecule has 4 heterocycles. The second kappa shape index (κ2) is 7.01. The number of amides is 1. The fourth-order valence-electron chi connectivity index (χ4n) is 3.77. The van der Waals surface area contributed by atoms with Crippen molar-refractivity contribution in [1.29, 1.82) is 0 Å². The highest BCUT2D eigenvalue weighted by atomic mass is 16.5. The number of ether oxygens (including phenoxy) is 1. The number of nitrogens with zero attached hydrogens (tertiary/aromatic N) is 3. The molecular weight excluding hydrogens is 354 g/mol. The maximum atomic E-state index is 12.7. The van der Waals surface area contributed by atoms with Crippen LogP contribution in [0, 0.1) is 5.92 Å². The standard InChI is InChI=1S/C21H19N5O2/c27-21(18-6-5-14-10-23-26-20(14)24-18)25-19-12-28-11-15(19)9-13-7-8-22-17-4-2-1-3-16(13)17/h1-8,10,15,19H,9,11-12H2,(H,25,27)(H,23,24,26)/t15-,19-/m1/s1. The summed E-state index contributed by atoms with van der Waals surface area (Å²) in [6.45, 7) is 1.13. The molecule has 1 aliphatic heterocycles. The predicted octanol–water partition coefficient (Wildman–Crippen LogP) is 2.49. The number of H-pyrrole nitrogens is 1. The number of aromatic nitrogens is 4. The molecule has 0 unspecified atom stereocenters. The molecule has 7 nitrogen and oxygen atoms in total. The minimum absolute atomic E-state index is 0.0568. The van der Waals surface area contributed by atoms with Crippen molar-refractivity contribution in [3.63, 3.8) is 0 Å². The first-order valence-electron chi connectivity index (χ1n) is 9.29. The van der Waals surface area contributed by atoms with Crippen molar-refractivity contribution in [3.05, 3.63) is 66.1 Å². The maximum absolute atomic E-state index is 12.7. The van der Waals surface area contributed by atoms with Gasteiger partial charge in [0.25, 0.3) is 5.91 Å². The van der Waals surface area contributed by atoms with Crippen LogP contribution in [0.4, 0.5) is 0 Å². The lowest BCUT2D eigenvalue weighted by Crippen LogP contribution is -2.41. The van der Waals surface area contributed by atoms with Crippen LogP contribution in [0.15, 0.2) is 54.9 Å². The smallest absolute Gasteiger partial charge is 0.270 e. The van der Waals surface area contributed by atoms with Gasteiger partial charge in [-0.15, -0.1) is 0 Å². The van der Waals surface area contributed by atoms with Gasteiger partial charge >= 0.3 is 0 Å². The van der Waals surface area contributed by atoms with Gasteiger partial charge in [0.05, 0.1) is 31.0 Å². The molecule has 1 amide bonds. The van der Waals surface area contributed by atoms with E-state index in [4.69, 9.17) is 4.74 Å². The number of nitrogens with one attached hydrogen (secondary N) is 2. The van der Waals surface area contributed by atoms with Crippen molar-refractivity contribution in [3.8, 4) is 0 Å². The lowest BCUT2D eigenvalue weighted by atomic mass is 9.93. The van der Waals surface area contributed by atoms with Crippen LogP contribution in [0.1, 0.15) is 16.1 Å². The van der Waals surface area contributed by atoms with Crippen LogP contribution in [0.2, 0.25) is 0 Å². The molecule has 7 heteroatoms. The molecule has 1 aromatic carbocycles. The second-order valence-corrected chi connectivity index (χ2v) is 7.07. The number of rotatable bonds is 4. The third kappa shape index (κ3) is 3.10. The molecule has 2 N–H and O–H groups in total. The van der Waals surface area contributed by atoms with Crippen molar-refractivity contribution in [1.82, 2.24) is 25.5 Å². The van der Waals surface area contributed by atoms with Gasteiger partial charge in [-0.05, 0) is 36.2 Å².